The van der Waals surface area contributed by atoms with Crippen LogP contribution < -0.4 is 0 Å². The van der Waals surface area contributed by atoms with Crippen LogP contribution in [0.2, 0.25) is 0 Å². The normalized spacial score (nSPS) is 7.00. The van der Waals surface area contributed by atoms with E-state index in [1.54, 1.807) is 0 Å². The van der Waals surface area contributed by atoms with E-state index < -0.39 is 0 Å². The van der Waals surface area contributed by atoms with Crippen LogP contribution in [-0.4, -0.2) is 26.4 Å². The van der Waals surface area contributed by atoms with Crippen molar-refractivity contribution in [1.82, 2.24) is 0 Å². The predicted octanol–water partition coefficient (Wildman–Crippen LogP) is 0.293. The molecule has 0 saturated carbocycles. The van der Waals surface area contributed by atoms with Crippen molar-refractivity contribution in [3.8, 4) is 48.4 Å². The summed E-state index contributed by atoms with van der Waals surface area (Å²) in [7, 11) is 0. The van der Waals surface area contributed by atoms with Crippen molar-refractivity contribution in [3.63, 3.8) is 0 Å². The highest BCUT2D eigenvalue weighted by molar-refractivity contribution is 5.26. The molecule has 2 heteroatoms. The molecule has 0 atom stereocenters. The maximum absolute atomic E-state index is 4.95. The van der Waals surface area contributed by atoms with Crippen molar-refractivity contribution >= 4 is 0 Å². The molecule has 2 nitrogen and oxygen atoms in total. The minimum atomic E-state index is 0.271. The smallest absolute Gasteiger partial charge is 0.110 e. The van der Waals surface area contributed by atoms with Crippen LogP contribution in [0.25, 0.3) is 0 Å². The van der Waals surface area contributed by atoms with Crippen molar-refractivity contribution in [2.75, 3.05) is 26.4 Å². The van der Waals surface area contributed by atoms with Crippen LogP contribution in [0.1, 0.15) is 0 Å². The van der Waals surface area contributed by atoms with Crippen molar-refractivity contribution < 1.29 is 9.47 Å². The maximum atomic E-state index is 4.95. The molecule has 0 aliphatic carbocycles. The second-order valence-electron chi connectivity index (χ2n) is 2.00. The Hall–Kier alpha value is -1.84. The summed E-state index contributed by atoms with van der Waals surface area (Å²) in [4.78, 5) is 0. The molecule has 70 valence electrons. The Kier molecular flexibility index (Phi) is 9.69. The lowest BCUT2D eigenvalue weighted by Gasteiger charge is -1.87. The molecule has 0 aliphatic heterocycles. The molecule has 0 fully saturated rings. The molecule has 0 rings (SSSR count). The van der Waals surface area contributed by atoms with Crippen LogP contribution in [-0.2, 0) is 9.47 Å². The summed E-state index contributed by atoms with van der Waals surface area (Å²) in [6.07, 6.45) is 9.91. The fourth-order valence-electron chi connectivity index (χ4n) is 0.483. The summed E-state index contributed by atoms with van der Waals surface area (Å²) in [5, 5.41) is 0. The van der Waals surface area contributed by atoms with E-state index in [0.717, 1.165) is 0 Å². The minimum absolute atomic E-state index is 0.271. The molecule has 0 aromatic carbocycles. The van der Waals surface area contributed by atoms with Gasteiger partial charge in [-0.05, 0) is 11.8 Å². The second-order valence-corrected chi connectivity index (χ2v) is 2.00. The average molecular weight is 186 g/mol. The highest BCUT2D eigenvalue weighted by atomic mass is 16.5. The Morgan fingerprint density at radius 1 is 0.714 bits per heavy atom. The molecule has 14 heavy (non-hydrogen) atoms. The molecule has 0 saturated heterocycles. The van der Waals surface area contributed by atoms with E-state index >= 15 is 0 Å². The Balaban J connectivity index is 3.40. The molecular weight excluding hydrogens is 176 g/mol. The zero-order valence-corrected chi connectivity index (χ0v) is 7.80. The highest BCUT2D eigenvalue weighted by Gasteiger charge is 1.75. The number of hydrogen-bond acceptors (Lipinski definition) is 2. The molecule has 0 radical (unpaired) electrons. The van der Waals surface area contributed by atoms with Gasteiger partial charge in [0.15, 0.2) is 0 Å². The summed E-state index contributed by atoms with van der Waals surface area (Å²) >= 11 is 0. The lowest BCUT2D eigenvalue weighted by Crippen LogP contribution is -1.91. The molecule has 0 amide bonds. The first-order valence-corrected chi connectivity index (χ1v) is 3.90. The third-order valence-corrected chi connectivity index (χ3v) is 0.959. The van der Waals surface area contributed by atoms with Crippen molar-refractivity contribution in [2.24, 2.45) is 0 Å². The summed E-state index contributed by atoms with van der Waals surface area (Å²) in [6.45, 7) is 1.13. The van der Waals surface area contributed by atoms with E-state index in [9.17, 15) is 0 Å². The maximum Gasteiger partial charge on any atom is 0.110 e. The second kappa shape index (κ2) is 11.2. The average Bonchev–Trinajstić information content (AvgIpc) is 2.21. The van der Waals surface area contributed by atoms with Gasteiger partial charge in [-0.25, -0.2) is 0 Å². The molecule has 0 aliphatic rings. The van der Waals surface area contributed by atoms with E-state index in [1.807, 2.05) is 0 Å². The van der Waals surface area contributed by atoms with Gasteiger partial charge >= 0.3 is 0 Å². The molecule has 0 unspecified atom stereocenters. The standard InChI is InChI=1S/C12H10O2/c1-3-9-13-11-7-5-6-8-12-14-10-4-2/h1-2H,9-12H2. The van der Waals surface area contributed by atoms with Crippen molar-refractivity contribution in [2.45, 2.75) is 0 Å². The van der Waals surface area contributed by atoms with E-state index in [0.29, 0.717) is 13.2 Å². The van der Waals surface area contributed by atoms with Crippen LogP contribution in [0.15, 0.2) is 0 Å². The molecule has 0 bridgehead atoms. The Morgan fingerprint density at radius 2 is 1.14 bits per heavy atom. The fraction of sp³-hybridized carbons (Fsp3) is 0.333. The topological polar surface area (TPSA) is 18.5 Å². The summed E-state index contributed by atoms with van der Waals surface area (Å²) < 4.78 is 9.79. The number of rotatable bonds is 4. The van der Waals surface area contributed by atoms with Gasteiger partial charge < -0.3 is 9.47 Å². The lowest BCUT2D eigenvalue weighted by molar-refractivity contribution is 0.204. The van der Waals surface area contributed by atoms with E-state index in [1.165, 1.54) is 0 Å². The number of terminal acetylenes is 2. The van der Waals surface area contributed by atoms with Crippen LogP contribution >= 0.6 is 0 Å². The van der Waals surface area contributed by atoms with E-state index in [2.05, 4.69) is 35.5 Å². The van der Waals surface area contributed by atoms with Gasteiger partial charge in [-0.2, -0.15) is 0 Å². The predicted molar refractivity (Wildman–Crippen MR) is 54.9 cm³/mol. The summed E-state index contributed by atoms with van der Waals surface area (Å²) in [6, 6.07) is 0. The Bertz CT molecular complexity index is 297. The third kappa shape index (κ3) is 10.2. The van der Waals surface area contributed by atoms with Crippen LogP contribution in [0, 0.1) is 48.4 Å². The zero-order valence-electron chi connectivity index (χ0n) is 7.80. The highest BCUT2D eigenvalue weighted by Crippen LogP contribution is 1.70. The molecule has 0 aromatic rings. The van der Waals surface area contributed by atoms with Gasteiger partial charge in [-0.1, -0.05) is 23.7 Å². The Labute approximate surface area is 85.0 Å². The van der Waals surface area contributed by atoms with Gasteiger partial charge in [0.1, 0.15) is 26.4 Å². The van der Waals surface area contributed by atoms with Crippen LogP contribution in [0.5, 0.6) is 0 Å². The molecular formula is C12H10O2. The lowest BCUT2D eigenvalue weighted by atomic mass is 10.5. The molecule has 0 N–H and O–H groups in total. The SMILES string of the molecule is C#CCOCC#CC#CCOCC#C. The van der Waals surface area contributed by atoms with Gasteiger partial charge in [0.2, 0.25) is 0 Å². The van der Waals surface area contributed by atoms with Crippen molar-refractivity contribution in [1.29, 1.82) is 0 Å². The first-order chi connectivity index (χ1) is 6.91. The quantitative estimate of drug-likeness (QED) is 0.464. The largest absolute Gasteiger partial charge is 0.356 e. The minimum Gasteiger partial charge on any atom is -0.356 e. The third-order valence-electron chi connectivity index (χ3n) is 0.959. The fourth-order valence-corrected chi connectivity index (χ4v) is 0.483. The molecule has 0 spiro atoms. The van der Waals surface area contributed by atoms with Gasteiger partial charge in [0.25, 0.3) is 0 Å². The first-order valence-electron chi connectivity index (χ1n) is 3.90. The van der Waals surface area contributed by atoms with Gasteiger partial charge in [-0.3, -0.25) is 0 Å². The van der Waals surface area contributed by atoms with E-state index in [-0.39, 0.29) is 13.2 Å². The molecule has 0 heterocycles. The van der Waals surface area contributed by atoms with Crippen LogP contribution in [0.3, 0.4) is 0 Å². The number of hydrogen-bond donors (Lipinski definition) is 0. The summed E-state index contributed by atoms with van der Waals surface area (Å²) in [5.41, 5.74) is 0. The first kappa shape index (κ1) is 12.2. The van der Waals surface area contributed by atoms with Gasteiger partial charge in [-0.15, -0.1) is 12.8 Å². The van der Waals surface area contributed by atoms with Crippen LogP contribution in [0.4, 0.5) is 0 Å². The monoisotopic (exact) mass is 186 g/mol. The number of ether oxygens (including phenoxy) is 2. The van der Waals surface area contributed by atoms with Crippen molar-refractivity contribution in [3.05, 3.63) is 0 Å². The summed E-state index contributed by atoms with van der Waals surface area (Å²) in [5.74, 6) is 15.2. The zero-order chi connectivity index (χ0) is 10.5. The van der Waals surface area contributed by atoms with E-state index in [4.69, 9.17) is 22.3 Å². The van der Waals surface area contributed by atoms with Gasteiger partial charge in [0.05, 0.1) is 0 Å². The molecule has 0 aromatic heterocycles. The Morgan fingerprint density at radius 3 is 1.50 bits per heavy atom. The van der Waals surface area contributed by atoms with Gasteiger partial charge in [0, 0.05) is 0 Å².